The van der Waals surface area contributed by atoms with Crippen LogP contribution in [0.25, 0.3) is 22.3 Å². The number of rotatable bonds is 9. The summed E-state index contributed by atoms with van der Waals surface area (Å²) in [6.07, 6.45) is 1.62. The molecule has 0 saturated carbocycles. The van der Waals surface area contributed by atoms with Gasteiger partial charge in [-0.05, 0) is 66.9 Å². The van der Waals surface area contributed by atoms with E-state index >= 15 is 0 Å². The van der Waals surface area contributed by atoms with Crippen molar-refractivity contribution >= 4 is 17.0 Å². The third-order valence-electron chi connectivity index (χ3n) is 7.52. The number of benzene rings is 3. The molecule has 9 heteroatoms. The zero-order chi connectivity index (χ0) is 29.2. The minimum atomic E-state index is -0.970. The second-order valence-corrected chi connectivity index (χ2v) is 10.3. The Morgan fingerprint density at radius 3 is 2.67 bits per heavy atom. The van der Waals surface area contributed by atoms with Gasteiger partial charge in [-0.25, -0.2) is 19.2 Å². The summed E-state index contributed by atoms with van der Waals surface area (Å²) in [4.78, 5) is 21.1. The van der Waals surface area contributed by atoms with E-state index in [1.807, 2.05) is 31.2 Å². The van der Waals surface area contributed by atoms with Crippen molar-refractivity contribution in [2.24, 2.45) is 0 Å². The molecule has 210 valence electrons. The predicted molar refractivity (Wildman–Crippen MR) is 154 cm³/mol. The van der Waals surface area contributed by atoms with Crippen LogP contribution < -0.4 is 4.74 Å². The lowest BCUT2D eigenvalue weighted by molar-refractivity contribution is -0.0589. The molecule has 6 rings (SSSR count). The number of imidazole rings is 1. The zero-order valence-corrected chi connectivity index (χ0v) is 22.9. The van der Waals surface area contributed by atoms with Gasteiger partial charge in [0.05, 0.1) is 46.6 Å². The maximum absolute atomic E-state index is 14.3. The Kier molecular flexibility index (Phi) is 7.38. The number of nitriles is 1. The summed E-state index contributed by atoms with van der Waals surface area (Å²) >= 11 is 0. The number of nitrogens with zero attached hydrogens (tertiary/aromatic N) is 4. The van der Waals surface area contributed by atoms with Crippen LogP contribution in [0.3, 0.4) is 0 Å². The second kappa shape index (κ2) is 11.4. The molecule has 0 bridgehead atoms. The molecule has 3 heterocycles. The van der Waals surface area contributed by atoms with Crippen LogP contribution in [-0.4, -0.2) is 38.3 Å². The highest BCUT2D eigenvalue weighted by molar-refractivity contribution is 5.92. The summed E-state index contributed by atoms with van der Waals surface area (Å²) in [7, 11) is 0. The molecule has 1 atom stereocenters. The fourth-order valence-electron chi connectivity index (χ4n) is 5.04. The van der Waals surface area contributed by atoms with Crippen LogP contribution in [0.5, 0.6) is 5.88 Å². The van der Waals surface area contributed by atoms with Gasteiger partial charge in [-0.1, -0.05) is 24.3 Å². The number of pyridine rings is 1. The largest absolute Gasteiger partial charge is 0.478 e. The number of fused-ring (bicyclic) bond motifs is 1. The third kappa shape index (κ3) is 5.57. The first-order valence-corrected chi connectivity index (χ1v) is 13.6. The SMILES string of the molecule is Cc1cc(-c2cccc(OCc3ccc(C#N)cc3F)n2)ccc1Cc1nc2ccc(C(=O)O)cc2n1C[C@@H]1CCO1. The third-order valence-corrected chi connectivity index (χ3v) is 7.52. The average Bonchev–Trinajstić information content (AvgIpc) is 3.31. The Balaban J connectivity index is 1.23. The van der Waals surface area contributed by atoms with Crippen LogP contribution in [0.1, 0.15) is 44.9 Å². The molecule has 5 aromatic rings. The Bertz CT molecular complexity index is 1860. The van der Waals surface area contributed by atoms with Crippen LogP contribution in [-0.2, 0) is 24.3 Å². The van der Waals surface area contributed by atoms with Gasteiger partial charge in [0, 0.05) is 30.2 Å². The average molecular weight is 563 g/mol. The number of aromatic carboxylic acids is 1. The second-order valence-electron chi connectivity index (χ2n) is 10.3. The standard InChI is InChI=1S/C33H27FN4O4/c1-20-13-23(28-3-2-4-32(37-28)42-19-25-6-5-21(17-35)14-27(25)34)8-7-22(20)16-31-36-29-10-9-24(33(39)40)15-30(29)38(31)18-26-11-12-41-26/h2-10,13-15,26H,11-12,16,18-19H2,1H3,(H,39,40)/t26-/m0/s1. The molecule has 8 nitrogen and oxygen atoms in total. The number of hydrogen-bond donors (Lipinski definition) is 1. The van der Waals surface area contributed by atoms with E-state index in [1.54, 1.807) is 36.4 Å². The summed E-state index contributed by atoms with van der Waals surface area (Å²) < 4.78 is 27.8. The van der Waals surface area contributed by atoms with Gasteiger partial charge in [0.15, 0.2) is 0 Å². The Hall–Kier alpha value is -5.07. The number of aryl methyl sites for hydroxylation is 1. The van der Waals surface area contributed by atoms with E-state index in [1.165, 1.54) is 6.07 Å². The maximum Gasteiger partial charge on any atom is 0.335 e. The molecular formula is C33H27FN4O4. The lowest BCUT2D eigenvalue weighted by Gasteiger charge is -2.27. The first kappa shape index (κ1) is 27.1. The first-order valence-electron chi connectivity index (χ1n) is 13.6. The molecule has 1 saturated heterocycles. The molecule has 0 radical (unpaired) electrons. The van der Waals surface area contributed by atoms with Gasteiger partial charge in [-0.2, -0.15) is 5.26 Å². The van der Waals surface area contributed by atoms with Crippen molar-refractivity contribution in [3.8, 4) is 23.2 Å². The number of carboxylic acids is 1. The first-order chi connectivity index (χ1) is 20.4. The number of hydrogen-bond acceptors (Lipinski definition) is 6. The number of aromatic nitrogens is 3. The van der Waals surface area contributed by atoms with Crippen molar-refractivity contribution in [2.75, 3.05) is 6.61 Å². The van der Waals surface area contributed by atoms with Crippen molar-refractivity contribution in [3.63, 3.8) is 0 Å². The van der Waals surface area contributed by atoms with Gasteiger partial charge in [-0.15, -0.1) is 0 Å². The highest BCUT2D eigenvalue weighted by atomic mass is 19.1. The van der Waals surface area contributed by atoms with Gasteiger partial charge in [0.1, 0.15) is 18.2 Å². The minimum absolute atomic E-state index is 0.00713. The molecule has 0 unspecified atom stereocenters. The fraction of sp³-hybridized carbons (Fsp3) is 0.212. The van der Waals surface area contributed by atoms with Crippen LogP contribution >= 0.6 is 0 Å². The van der Waals surface area contributed by atoms with Gasteiger partial charge in [0.2, 0.25) is 5.88 Å². The molecule has 0 amide bonds. The Morgan fingerprint density at radius 2 is 1.95 bits per heavy atom. The van der Waals surface area contributed by atoms with Crippen molar-refractivity contribution < 1.29 is 23.8 Å². The molecule has 2 aromatic heterocycles. The molecule has 0 aliphatic carbocycles. The highest BCUT2D eigenvalue weighted by Crippen LogP contribution is 2.27. The summed E-state index contributed by atoms with van der Waals surface area (Å²) in [5, 5.41) is 18.4. The predicted octanol–water partition coefficient (Wildman–Crippen LogP) is 6.07. The molecular weight excluding hydrogens is 535 g/mol. The van der Waals surface area contributed by atoms with Crippen LogP contribution in [0.4, 0.5) is 4.39 Å². The molecule has 1 aliphatic heterocycles. The molecule has 1 N–H and O–H groups in total. The van der Waals surface area contributed by atoms with Crippen LogP contribution in [0.15, 0.2) is 72.8 Å². The van der Waals surface area contributed by atoms with E-state index in [9.17, 15) is 14.3 Å². The van der Waals surface area contributed by atoms with Gasteiger partial charge in [-0.3, -0.25) is 0 Å². The van der Waals surface area contributed by atoms with E-state index in [0.717, 1.165) is 52.3 Å². The van der Waals surface area contributed by atoms with E-state index in [0.29, 0.717) is 24.4 Å². The number of carboxylic acid groups (broad SMARTS) is 1. The van der Waals surface area contributed by atoms with Crippen LogP contribution in [0.2, 0.25) is 0 Å². The summed E-state index contributed by atoms with van der Waals surface area (Å²) in [5.41, 5.74) is 6.15. The molecule has 42 heavy (non-hydrogen) atoms. The van der Waals surface area contributed by atoms with E-state index in [-0.39, 0.29) is 23.8 Å². The smallest absolute Gasteiger partial charge is 0.335 e. The summed E-state index contributed by atoms with van der Waals surface area (Å²) in [6, 6.07) is 22.8. The van der Waals surface area contributed by atoms with Gasteiger partial charge < -0.3 is 19.1 Å². The monoisotopic (exact) mass is 562 g/mol. The number of halogens is 1. The summed E-state index contributed by atoms with van der Waals surface area (Å²) in [6.45, 7) is 3.39. The van der Waals surface area contributed by atoms with Crippen molar-refractivity contribution in [1.82, 2.24) is 14.5 Å². The van der Waals surface area contributed by atoms with Crippen molar-refractivity contribution in [1.29, 1.82) is 5.26 Å². The molecule has 3 aromatic carbocycles. The Labute approximate surface area is 241 Å². The van der Waals surface area contributed by atoms with Crippen molar-refractivity contribution in [2.45, 2.75) is 39.0 Å². The van der Waals surface area contributed by atoms with E-state index in [2.05, 4.69) is 21.7 Å². The van der Waals surface area contributed by atoms with Gasteiger partial charge >= 0.3 is 5.97 Å². The lowest BCUT2D eigenvalue weighted by Crippen LogP contribution is -2.31. The molecule has 1 aliphatic rings. The molecule has 1 fully saturated rings. The van der Waals surface area contributed by atoms with E-state index < -0.39 is 11.8 Å². The topological polar surface area (TPSA) is 110 Å². The van der Waals surface area contributed by atoms with E-state index in [4.69, 9.17) is 19.7 Å². The van der Waals surface area contributed by atoms with Gasteiger partial charge in [0.25, 0.3) is 0 Å². The summed E-state index contributed by atoms with van der Waals surface area (Å²) in [5.74, 6) is -0.248. The minimum Gasteiger partial charge on any atom is -0.478 e. The number of ether oxygens (including phenoxy) is 2. The number of carbonyl (C=O) groups is 1. The Morgan fingerprint density at radius 1 is 1.12 bits per heavy atom. The quantitative estimate of drug-likeness (QED) is 0.232. The highest BCUT2D eigenvalue weighted by Gasteiger charge is 2.23. The lowest BCUT2D eigenvalue weighted by atomic mass is 10.0. The zero-order valence-electron chi connectivity index (χ0n) is 22.9. The fourth-order valence-corrected chi connectivity index (χ4v) is 5.04. The normalized spacial score (nSPS) is 14.4. The maximum atomic E-state index is 14.3. The molecule has 0 spiro atoms. The van der Waals surface area contributed by atoms with Crippen molar-refractivity contribution in [3.05, 3.63) is 112 Å². The van der Waals surface area contributed by atoms with Crippen LogP contribution in [0, 0.1) is 24.1 Å².